The lowest BCUT2D eigenvalue weighted by Crippen LogP contribution is -2.34. The Kier molecular flexibility index (Phi) is 8.30. The number of nitrogens with zero attached hydrogens (tertiary/aromatic N) is 2. The summed E-state index contributed by atoms with van der Waals surface area (Å²) in [5.41, 5.74) is 2.60. The molecule has 0 fully saturated rings. The predicted molar refractivity (Wildman–Crippen MR) is 103 cm³/mol. The van der Waals surface area contributed by atoms with Crippen LogP contribution in [-0.4, -0.2) is 44.7 Å². The molecule has 1 N–H and O–H groups in total. The van der Waals surface area contributed by atoms with Gasteiger partial charge in [-0.25, -0.2) is 0 Å². The molecule has 0 aliphatic carbocycles. The highest BCUT2D eigenvalue weighted by molar-refractivity contribution is 5.78. The van der Waals surface area contributed by atoms with Crippen LogP contribution in [0.4, 0.5) is 0 Å². The number of amides is 1. The van der Waals surface area contributed by atoms with Crippen LogP contribution in [-0.2, 0) is 22.6 Å². The summed E-state index contributed by atoms with van der Waals surface area (Å²) >= 11 is 0. The topological polar surface area (TPSA) is 74.6 Å². The summed E-state index contributed by atoms with van der Waals surface area (Å²) in [6.07, 6.45) is 0. The molecule has 1 amide bonds. The van der Waals surface area contributed by atoms with Crippen molar-refractivity contribution in [3.05, 3.63) is 65.2 Å². The Hall–Kier alpha value is -2.88. The zero-order chi connectivity index (χ0) is 19.5. The van der Waals surface area contributed by atoms with E-state index in [1.165, 1.54) is 0 Å². The van der Waals surface area contributed by atoms with E-state index in [-0.39, 0.29) is 12.5 Å². The Morgan fingerprint density at radius 1 is 1.15 bits per heavy atom. The highest BCUT2D eigenvalue weighted by Gasteiger charge is 2.08. The van der Waals surface area contributed by atoms with Crippen LogP contribution in [0.2, 0.25) is 0 Å². The highest BCUT2D eigenvalue weighted by atomic mass is 16.5. The van der Waals surface area contributed by atoms with Crippen LogP contribution < -0.4 is 10.1 Å². The summed E-state index contributed by atoms with van der Waals surface area (Å²) in [5, 5.41) is 11.9. The number of nitriles is 1. The molecule has 0 saturated heterocycles. The molecule has 2 rings (SSSR count). The SMILES string of the molecule is COCCOc1cccc(CNC(=O)CN(C)Cc2cccc(C#N)c2)c1. The average Bonchev–Trinajstić information content (AvgIpc) is 2.67. The molecular weight excluding hydrogens is 342 g/mol. The van der Waals surface area contributed by atoms with Gasteiger partial charge < -0.3 is 14.8 Å². The van der Waals surface area contributed by atoms with E-state index in [1.807, 2.05) is 54.4 Å². The van der Waals surface area contributed by atoms with E-state index in [0.717, 1.165) is 16.9 Å². The number of likely N-dealkylation sites (N-methyl/N-ethyl adjacent to an activating group) is 1. The van der Waals surface area contributed by atoms with Crippen LogP contribution in [0, 0.1) is 11.3 Å². The van der Waals surface area contributed by atoms with Crippen LogP contribution in [0.5, 0.6) is 5.75 Å². The third-order valence-electron chi connectivity index (χ3n) is 3.87. The van der Waals surface area contributed by atoms with Crippen molar-refractivity contribution in [2.24, 2.45) is 0 Å². The van der Waals surface area contributed by atoms with Crippen molar-refractivity contribution in [3.8, 4) is 11.8 Å². The van der Waals surface area contributed by atoms with Gasteiger partial charge in [-0.1, -0.05) is 24.3 Å². The van der Waals surface area contributed by atoms with Gasteiger partial charge in [0.05, 0.1) is 24.8 Å². The second-order valence-corrected chi connectivity index (χ2v) is 6.25. The Bertz CT molecular complexity index is 786. The molecule has 0 aliphatic heterocycles. The summed E-state index contributed by atoms with van der Waals surface area (Å²) in [5.74, 6) is 0.702. The Morgan fingerprint density at radius 3 is 2.70 bits per heavy atom. The first kappa shape index (κ1) is 20.4. The molecule has 0 spiro atoms. The maximum atomic E-state index is 12.2. The lowest BCUT2D eigenvalue weighted by Gasteiger charge is -2.16. The molecule has 0 atom stereocenters. The molecule has 27 heavy (non-hydrogen) atoms. The zero-order valence-electron chi connectivity index (χ0n) is 15.8. The van der Waals surface area contributed by atoms with Gasteiger partial charge in [0.1, 0.15) is 12.4 Å². The van der Waals surface area contributed by atoms with Crippen LogP contribution in [0.3, 0.4) is 0 Å². The van der Waals surface area contributed by atoms with E-state index < -0.39 is 0 Å². The fraction of sp³-hybridized carbons (Fsp3) is 0.333. The molecule has 6 heteroatoms. The number of carbonyl (C=O) groups is 1. The van der Waals surface area contributed by atoms with Crippen molar-refractivity contribution in [3.63, 3.8) is 0 Å². The van der Waals surface area contributed by atoms with Gasteiger partial charge in [-0.15, -0.1) is 0 Å². The largest absolute Gasteiger partial charge is 0.491 e. The fourth-order valence-electron chi connectivity index (χ4n) is 2.60. The number of benzene rings is 2. The number of methoxy groups -OCH3 is 1. The third kappa shape index (κ3) is 7.48. The van der Waals surface area contributed by atoms with E-state index in [1.54, 1.807) is 13.2 Å². The standard InChI is InChI=1S/C21H25N3O3/c1-24(15-19-7-3-5-17(11-19)13-22)16-21(25)23-14-18-6-4-8-20(12-18)27-10-9-26-2/h3-8,11-12H,9-10,14-16H2,1-2H3,(H,23,25). The van der Waals surface area contributed by atoms with Crippen molar-refractivity contribution < 1.29 is 14.3 Å². The molecule has 0 aromatic heterocycles. The first-order valence-electron chi connectivity index (χ1n) is 8.75. The molecule has 2 aromatic carbocycles. The van der Waals surface area contributed by atoms with E-state index in [2.05, 4.69) is 11.4 Å². The zero-order valence-corrected chi connectivity index (χ0v) is 15.8. The fourth-order valence-corrected chi connectivity index (χ4v) is 2.60. The molecular formula is C21H25N3O3. The van der Waals surface area contributed by atoms with Crippen molar-refractivity contribution in [1.29, 1.82) is 5.26 Å². The van der Waals surface area contributed by atoms with Crippen molar-refractivity contribution in [2.75, 3.05) is 33.9 Å². The van der Waals surface area contributed by atoms with Gasteiger partial charge in [-0.05, 0) is 42.4 Å². The summed E-state index contributed by atoms with van der Waals surface area (Å²) in [4.78, 5) is 14.1. The average molecular weight is 367 g/mol. The molecule has 0 saturated carbocycles. The maximum Gasteiger partial charge on any atom is 0.234 e. The number of rotatable bonds is 10. The second-order valence-electron chi connectivity index (χ2n) is 6.25. The lowest BCUT2D eigenvalue weighted by molar-refractivity contribution is -0.122. The number of carbonyl (C=O) groups excluding carboxylic acids is 1. The molecule has 0 aliphatic rings. The van der Waals surface area contributed by atoms with E-state index in [0.29, 0.717) is 31.9 Å². The molecule has 2 aromatic rings. The summed E-state index contributed by atoms with van der Waals surface area (Å²) in [6.45, 7) is 2.35. The number of hydrogen-bond acceptors (Lipinski definition) is 5. The van der Waals surface area contributed by atoms with Crippen LogP contribution in [0.1, 0.15) is 16.7 Å². The van der Waals surface area contributed by atoms with Crippen molar-refractivity contribution in [2.45, 2.75) is 13.1 Å². The molecule has 0 heterocycles. The molecule has 0 radical (unpaired) electrons. The first-order valence-corrected chi connectivity index (χ1v) is 8.75. The van der Waals surface area contributed by atoms with Gasteiger partial charge in [0.2, 0.25) is 5.91 Å². The molecule has 0 unspecified atom stereocenters. The van der Waals surface area contributed by atoms with Crippen LogP contribution in [0.15, 0.2) is 48.5 Å². The van der Waals surface area contributed by atoms with Gasteiger partial charge in [0, 0.05) is 20.2 Å². The Labute approximate surface area is 160 Å². The third-order valence-corrected chi connectivity index (χ3v) is 3.87. The molecule has 6 nitrogen and oxygen atoms in total. The minimum atomic E-state index is -0.0559. The first-order chi connectivity index (χ1) is 13.1. The minimum absolute atomic E-state index is 0.0559. The molecule has 0 bridgehead atoms. The molecule has 142 valence electrons. The second kappa shape index (κ2) is 11.0. The van der Waals surface area contributed by atoms with Crippen LogP contribution in [0.25, 0.3) is 0 Å². The summed E-state index contributed by atoms with van der Waals surface area (Å²) in [7, 11) is 3.51. The number of nitrogens with one attached hydrogen (secondary N) is 1. The Morgan fingerprint density at radius 2 is 1.93 bits per heavy atom. The normalized spacial score (nSPS) is 10.4. The minimum Gasteiger partial charge on any atom is -0.491 e. The monoisotopic (exact) mass is 367 g/mol. The number of hydrogen-bond donors (Lipinski definition) is 1. The van der Waals surface area contributed by atoms with E-state index >= 15 is 0 Å². The quantitative estimate of drug-likeness (QED) is 0.653. The van der Waals surface area contributed by atoms with E-state index in [9.17, 15) is 4.79 Å². The summed E-state index contributed by atoms with van der Waals surface area (Å²) < 4.78 is 10.5. The van der Waals surface area contributed by atoms with Gasteiger partial charge in [-0.2, -0.15) is 5.26 Å². The van der Waals surface area contributed by atoms with Gasteiger partial charge in [-0.3, -0.25) is 9.69 Å². The highest BCUT2D eigenvalue weighted by Crippen LogP contribution is 2.13. The van der Waals surface area contributed by atoms with Crippen molar-refractivity contribution >= 4 is 5.91 Å². The smallest absolute Gasteiger partial charge is 0.234 e. The van der Waals surface area contributed by atoms with Gasteiger partial charge in [0.15, 0.2) is 0 Å². The van der Waals surface area contributed by atoms with E-state index in [4.69, 9.17) is 14.7 Å². The summed E-state index contributed by atoms with van der Waals surface area (Å²) in [6, 6.07) is 17.2. The van der Waals surface area contributed by atoms with Crippen LogP contribution >= 0.6 is 0 Å². The lowest BCUT2D eigenvalue weighted by atomic mass is 10.1. The van der Waals surface area contributed by atoms with Crippen molar-refractivity contribution in [1.82, 2.24) is 10.2 Å². The Balaban J connectivity index is 1.78. The maximum absolute atomic E-state index is 12.2. The van der Waals surface area contributed by atoms with Gasteiger partial charge in [0.25, 0.3) is 0 Å². The van der Waals surface area contributed by atoms with Gasteiger partial charge >= 0.3 is 0 Å². The predicted octanol–water partition coefficient (Wildman–Crippen LogP) is 2.33. The number of ether oxygens (including phenoxy) is 2.